The SMILES string of the molecule is Cc1cc2c(cc1C(=O)N1CCc3c(C)cccc3C1)[nH]c(=O)c1cnc(C3CCOCC3)n12. The molecule has 174 valence electrons. The van der Waals surface area contributed by atoms with Crippen molar-refractivity contribution in [1.29, 1.82) is 0 Å². The van der Waals surface area contributed by atoms with Gasteiger partial charge in [0.2, 0.25) is 0 Å². The summed E-state index contributed by atoms with van der Waals surface area (Å²) in [7, 11) is 0. The van der Waals surface area contributed by atoms with Crippen LogP contribution in [0.3, 0.4) is 0 Å². The Morgan fingerprint density at radius 1 is 1.12 bits per heavy atom. The minimum atomic E-state index is -0.192. The van der Waals surface area contributed by atoms with E-state index >= 15 is 0 Å². The van der Waals surface area contributed by atoms with Crippen LogP contribution >= 0.6 is 0 Å². The van der Waals surface area contributed by atoms with Gasteiger partial charge in [-0.1, -0.05) is 18.2 Å². The number of benzene rings is 2. The quantitative estimate of drug-likeness (QED) is 0.496. The van der Waals surface area contributed by atoms with Crippen LogP contribution in [-0.2, 0) is 17.7 Å². The van der Waals surface area contributed by atoms with Gasteiger partial charge < -0.3 is 14.6 Å². The molecule has 0 spiro atoms. The highest BCUT2D eigenvalue weighted by Crippen LogP contribution is 2.30. The number of hydrogen-bond acceptors (Lipinski definition) is 4. The van der Waals surface area contributed by atoms with Gasteiger partial charge in [0.25, 0.3) is 11.5 Å². The first-order valence-corrected chi connectivity index (χ1v) is 12.0. The zero-order valence-electron chi connectivity index (χ0n) is 19.6. The van der Waals surface area contributed by atoms with Crippen LogP contribution in [0.2, 0.25) is 0 Å². The number of nitrogens with zero attached hydrogens (tertiary/aromatic N) is 3. The number of imidazole rings is 1. The lowest BCUT2D eigenvalue weighted by Crippen LogP contribution is -2.36. The third-order valence-corrected chi connectivity index (χ3v) is 7.46. The molecule has 0 unspecified atom stereocenters. The Morgan fingerprint density at radius 2 is 1.94 bits per heavy atom. The van der Waals surface area contributed by atoms with Crippen molar-refractivity contribution in [3.63, 3.8) is 0 Å². The minimum absolute atomic E-state index is 0.00258. The molecular weight excluding hydrogens is 428 g/mol. The van der Waals surface area contributed by atoms with Gasteiger partial charge in [0.05, 0.1) is 17.2 Å². The second-order valence-electron chi connectivity index (χ2n) is 9.55. The number of fused-ring (bicyclic) bond motifs is 4. The van der Waals surface area contributed by atoms with Gasteiger partial charge in [0, 0.05) is 37.8 Å². The molecule has 4 heterocycles. The third kappa shape index (κ3) is 3.34. The molecule has 2 aromatic carbocycles. The predicted molar refractivity (Wildman–Crippen MR) is 130 cm³/mol. The summed E-state index contributed by atoms with van der Waals surface area (Å²) >= 11 is 0. The summed E-state index contributed by atoms with van der Waals surface area (Å²) in [6.07, 6.45) is 4.30. The van der Waals surface area contributed by atoms with E-state index in [1.54, 1.807) is 6.20 Å². The zero-order valence-corrected chi connectivity index (χ0v) is 19.6. The first-order chi connectivity index (χ1) is 16.5. The fourth-order valence-corrected chi connectivity index (χ4v) is 5.56. The van der Waals surface area contributed by atoms with E-state index in [4.69, 9.17) is 4.74 Å². The molecule has 34 heavy (non-hydrogen) atoms. The van der Waals surface area contributed by atoms with Crippen LogP contribution in [0.4, 0.5) is 0 Å². The van der Waals surface area contributed by atoms with Gasteiger partial charge in [0.15, 0.2) is 0 Å². The summed E-state index contributed by atoms with van der Waals surface area (Å²) in [5.41, 5.74) is 7.27. The van der Waals surface area contributed by atoms with E-state index in [0.29, 0.717) is 42.9 Å². The van der Waals surface area contributed by atoms with Crippen molar-refractivity contribution in [1.82, 2.24) is 19.3 Å². The molecule has 0 bridgehead atoms. The summed E-state index contributed by atoms with van der Waals surface area (Å²) < 4.78 is 7.50. The molecule has 1 fully saturated rings. The van der Waals surface area contributed by atoms with E-state index in [-0.39, 0.29) is 17.4 Å². The van der Waals surface area contributed by atoms with Crippen LogP contribution in [0, 0.1) is 13.8 Å². The van der Waals surface area contributed by atoms with Crippen molar-refractivity contribution in [2.75, 3.05) is 19.8 Å². The average Bonchev–Trinajstić information content (AvgIpc) is 3.31. The highest BCUT2D eigenvalue weighted by Gasteiger charge is 2.26. The smallest absolute Gasteiger partial charge is 0.274 e. The molecule has 1 saturated heterocycles. The van der Waals surface area contributed by atoms with E-state index in [0.717, 1.165) is 36.2 Å². The van der Waals surface area contributed by atoms with Crippen LogP contribution in [-0.4, -0.2) is 44.9 Å². The predicted octanol–water partition coefficient (Wildman–Crippen LogP) is 3.89. The number of aromatic nitrogens is 3. The van der Waals surface area contributed by atoms with E-state index in [2.05, 4.69) is 35.1 Å². The van der Waals surface area contributed by atoms with Crippen LogP contribution < -0.4 is 5.56 Å². The number of ether oxygens (including phenoxy) is 1. The van der Waals surface area contributed by atoms with Crippen LogP contribution in [0.1, 0.15) is 57.2 Å². The van der Waals surface area contributed by atoms with Gasteiger partial charge in [-0.3, -0.25) is 14.0 Å². The molecule has 2 aliphatic heterocycles. The Kier molecular flexibility index (Phi) is 5.03. The molecular formula is C27H28N4O3. The molecule has 7 heteroatoms. The summed E-state index contributed by atoms with van der Waals surface area (Å²) in [6.45, 7) is 6.81. The molecule has 2 aliphatic rings. The van der Waals surface area contributed by atoms with Crippen molar-refractivity contribution in [2.45, 2.75) is 45.6 Å². The Hall–Kier alpha value is -3.45. The fraction of sp³-hybridized carbons (Fsp3) is 0.370. The Labute approximate surface area is 197 Å². The molecule has 1 amide bonds. The van der Waals surface area contributed by atoms with Crippen molar-refractivity contribution >= 4 is 22.5 Å². The summed E-state index contributed by atoms with van der Waals surface area (Å²) in [5.74, 6) is 1.15. The molecule has 6 rings (SSSR count). The van der Waals surface area contributed by atoms with Crippen LogP contribution in [0.15, 0.2) is 41.3 Å². The number of aromatic amines is 1. The summed E-state index contributed by atoms with van der Waals surface area (Å²) in [4.78, 5) is 36.0. The zero-order chi connectivity index (χ0) is 23.4. The maximum Gasteiger partial charge on any atom is 0.274 e. The van der Waals surface area contributed by atoms with E-state index in [1.807, 2.05) is 28.4 Å². The Morgan fingerprint density at radius 3 is 2.76 bits per heavy atom. The van der Waals surface area contributed by atoms with Gasteiger partial charge in [-0.25, -0.2) is 4.98 Å². The number of nitrogens with one attached hydrogen (secondary N) is 1. The third-order valence-electron chi connectivity index (χ3n) is 7.46. The van der Waals surface area contributed by atoms with Crippen LogP contribution in [0.25, 0.3) is 16.6 Å². The normalized spacial score (nSPS) is 16.8. The second kappa shape index (κ2) is 8.09. The average molecular weight is 457 g/mol. The lowest BCUT2D eigenvalue weighted by atomic mass is 9.94. The lowest BCUT2D eigenvalue weighted by Gasteiger charge is -2.30. The first-order valence-electron chi connectivity index (χ1n) is 12.0. The summed E-state index contributed by atoms with van der Waals surface area (Å²) in [5, 5.41) is 0. The number of hydrogen-bond donors (Lipinski definition) is 1. The van der Waals surface area contributed by atoms with Crippen molar-refractivity contribution < 1.29 is 9.53 Å². The lowest BCUT2D eigenvalue weighted by molar-refractivity contribution is 0.0734. The van der Waals surface area contributed by atoms with Gasteiger partial charge in [-0.2, -0.15) is 0 Å². The number of aryl methyl sites for hydroxylation is 2. The molecule has 4 aromatic rings. The van der Waals surface area contributed by atoms with Gasteiger partial charge in [-0.05, 0) is 67.5 Å². The number of carbonyl (C=O) groups excluding carboxylic acids is 1. The maximum absolute atomic E-state index is 13.6. The molecule has 1 N–H and O–H groups in total. The van der Waals surface area contributed by atoms with E-state index in [9.17, 15) is 9.59 Å². The fourth-order valence-electron chi connectivity index (χ4n) is 5.56. The highest BCUT2D eigenvalue weighted by atomic mass is 16.5. The minimum Gasteiger partial charge on any atom is -0.381 e. The first kappa shape index (κ1) is 21.1. The Balaban J connectivity index is 1.42. The number of H-pyrrole nitrogens is 1. The molecule has 0 radical (unpaired) electrons. The van der Waals surface area contributed by atoms with Crippen molar-refractivity contribution in [2.24, 2.45) is 0 Å². The monoisotopic (exact) mass is 456 g/mol. The van der Waals surface area contributed by atoms with Crippen LogP contribution in [0.5, 0.6) is 0 Å². The van der Waals surface area contributed by atoms with E-state index < -0.39 is 0 Å². The van der Waals surface area contributed by atoms with Crippen molar-refractivity contribution in [3.05, 3.63) is 80.5 Å². The number of amides is 1. The highest BCUT2D eigenvalue weighted by molar-refractivity contribution is 5.99. The number of carbonyl (C=O) groups is 1. The molecule has 0 saturated carbocycles. The Bertz CT molecular complexity index is 1490. The topological polar surface area (TPSA) is 79.7 Å². The van der Waals surface area contributed by atoms with E-state index in [1.165, 1.54) is 16.7 Å². The summed E-state index contributed by atoms with van der Waals surface area (Å²) in [6, 6.07) is 10.2. The number of rotatable bonds is 2. The van der Waals surface area contributed by atoms with Gasteiger partial charge in [0.1, 0.15) is 11.3 Å². The van der Waals surface area contributed by atoms with Crippen molar-refractivity contribution in [3.8, 4) is 0 Å². The molecule has 0 aliphatic carbocycles. The molecule has 2 aromatic heterocycles. The van der Waals surface area contributed by atoms with Gasteiger partial charge >= 0.3 is 0 Å². The second-order valence-corrected chi connectivity index (χ2v) is 9.55. The van der Waals surface area contributed by atoms with Gasteiger partial charge in [-0.15, -0.1) is 0 Å². The standard InChI is InChI=1S/C27H28N4O3/c1-16-4-3-5-19-15-30(9-6-20(16)19)27(33)21-13-22-23(12-17(21)2)31-24(26(32)29-22)14-28-25(31)18-7-10-34-11-8-18/h3-5,12-14,18H,6-11,15H2,1-2H3,(H,29,32). The molecule has 7 nitrogen and oxygen atoms in total. The largest absolute Gasteiger partial charge is 0.381 e. The maximum atomic E-state index is 13.6. The molecule has 0 atom stereocenters.